The van der Waals surface area contributed by atoms with Crippen LogP contribution in [0.25, 0.3) is 6.08 Å². The highest BCUT2D eigenvalue weighted by Crippen LogP contribution is 2.28. The molecule has 0 heterocycles. The number of hydrogen-bond acceptors (Lipinski definition) is 1. The average molecular weight is 276 g/mol. The Labute approximate surface area is 97.9 Å². The Kier molecular flexibility index (Phi) is 4.49. The fourth-order valence-corrected chi connectivity index (χ4v) is 1.50. The van der Waals surface area contributed by atoms with Gasteiger partial charge in [0.1, 0.15) is 5.75 Å². The van der Waals surface area contributed by atoms with Gasteiger partial charge in [-0.25, -0.2) is 0 Å². The van der Waals surface area contributed by atoms with E-state index in [2.05, 4.69) is 15.9 Å². The topological polar surface area (TPSA) is 9.23 Å². The lowest BCUT2D eigenvalue weighted by atomic mass is 10.1. The van der Waals surface area contributed by atoms with Gasteiger partial charge in [0.25, 0.3) is 0 Å². The van der Waals surface area contributed by atoms with E-state index in [9.17, 15) is 0 Å². The first-order chi connectivity index (χ1) is 6.69. The molecule has 0 unspecified atom stereocenters. The molecule has 0 spiro atoms. The molecule has 0 aliphatic carbocycles. The number of rotatable bonds is 3. The van der Waals surface area contributed by atoms with Gasteiger partial charge in [-0.2, -0.15) is 0 Å². The van der Waals surface area contributed by atoms with Gasteiger partial charge in [-0.1, -0.05) is 39.2 Å². The number of hydrogen-bond donors (Lipinski definition) is 0. The average Bonchev–Trinajstić information content (AvgIpc) is 2.20. The number of benzene rings is 1. The van der Waals surface area contributed by atoms with E-state index in [0.29, 0.717) is 5.02 Å². The number of ether oxygens (including phenoxy) is 1. The molecule has 0 radical (unpaired) electrons. The van der Waals surface area contributed by atoms with Crippen LogP contribution in [0.4, 0.5) is 0 Å². The maximum atomic E-state index is 6.07. The lowest BCUT2D eigenvalue weighted by Crippen LogP contribution is -1.88. The summed E-state index contributed by atoms with van der Waals surface area (Å²) in [7, 11) is 1.65. The standard InChI is InChI=1S/C11H12BrClO/c1-8(7-12)6-9-10(13)4-3-5-11(9)14-2/h3-6H,7H2,1-2H3. The summed E-state index contributed by atoms with van der Waals surface area (Å²) in [5.74, 6) is 0.804. The molecule has 0 N–H and O–H groups in total. The summed E-state index contributed by atoms with van der Waals surface area (Å²) in [5.41, 5.74) is 2.14. The van der Waals surface area contributed by atoms with Gasteiger partial charge in [-0.05, 0) is 25.1 Å². The monoisotopic (exact) mass is 274 g/mol. The molecule has 14 heavy (non-hydrogen) atoms. The van der Waals surface area contributed by atoms with E-state index in [-0.39, 0.29) is 0 Å². The molecule has 1 nitrogen and oxygen atoms in total. The van der Waals surface area contributed by atoms with Crippen molar-refractivity contribution >= 4 is 33.6 Å². The molecule has 0 aromatic heterocycles. The fourth-order valence-electron chi connectivity index (χ4n) is 1.12. The zero-order chi connectivity index (χ0) is 10.6. The second-order valence-electron chi connectivity index (χ2n) is 2.98. The van der Waals surface area contributed by atoms with Crippen molar-refractivity contribution in [1.29, 1.82) is 0 Å². The van der Waals surface area contributed by atoms with Gasteiger partial charge in [0.2, 0.25) is 0 Å². The van der Waals surface area contributed by atoms with Gasteiger partial charge in [-0.3, -0.25) is 0 Å². The Morgan fingerprint density at radius 1 is 1.57 bits per heavy atom. The van der Waals surface area contributed by atoms with Gasteiger partial charge >= 0.3 is 0 Å². The summed E-state index contributed by atoms with van der Waals surface area (Å²) in [4.78, 5) is 0. The van der Waals surface area contributed by atoms with Gasteiger partial charge in [0, 0.05) is 10.9 Å². The largest absolute Gasteiger partial charge is 0.496 e. The van der Waals surface area contributed by atoms with Crippen molar-refractivity contribution in [1.82, 2.24) is 0 Å². The SMILES string of the molecule is COc1cccc(Cl)c1C=C(C)CBr. The van der Waals surface area contributed by atoms with Crippen molar-refractivity contribution in [3.05, 3.63) is 34.4 Å². The molecular weight excluding hydrogens is 263 g/mol. The minimum atomic E-state index is 0.713. The molecule has 0 bridgehead atoms. The number of halogens is 2. The summed E-state index contributed by atoms with van der Waals surface area (Å²) in [6.45, 7) is 2.04. The minimum absolute atomic E-state index is 0.713. The van der Waals surface area contributed by atoms with E-state index >= 15 is 0 Å². The highest BCUT2D eigenvalue weighted by atomic mass is 79.9. The second kappa shape index (κ2) is 5.42. The predicted molar refractivity (Wildman–Crippen MR) is 65.4 cm³/mol. The zero-order valence-corrected chi connectivity index (χ0v) is 10.5. The van der Waals surface area contributed by atoms with E-state index < -0.39 is 0 Å². The summed E-state index contributed by atoms with van der Waals surface area (Å²) in [6, 6.07) is 5.64. The van der Waals surface area contributed by atoms with Crippen LogP contribution in [0.3, 0.4) is 0 Å². The Morgan fingerprint density at radius 2 is 2.29 bits per heavy atom. The molecule has 1 rings (SSSR count). The normalized spacial score (nSPS) is 11.6. The van der Waals surface area contributed by atoms with Gasteiger partial charge in [-0.15, -0.1) is 0 Å². The summed E-state index contributed by atoms with van der Waals surface area (Å²) in [5, 5.41) is 1.55. The summed E-state index contributed by atoms with van der Waals surface area (Å²) >= 11 is 9.46. The molecule has 76 valence electrons. The van der Waals surface area contributed by atoms with Crippen molar-refractivity contribution in [3.8, 4) is 5.75 Å². The zero-order valence-electron chi connectivity index (χ0n) is 8.18. The lowest BCUT2D eigenvalue weighted by Gasteiger charge is -2.07. The van der Waals surface area contributed by atoms with Gasteiger partial charge in [0.15, 0.2) is 0 Å². The third-order valence-electron chi connectivity index (χ3n) is 1.83. The van der Waals surface area contributed by atoms with E-state index in [1.54, 1.807) is 7.11 Å². The number of methoxy groups -OCH3 is 1. The lowest BCUT2D eigenvalue weighted by molar-refractivity contribution is 0.414. The van der Waals surface area contributed by atoms with Crippen LogP contribution in [0.15, 0.2) is 23.8 Å². The van der Waals surface area contributed by atoms with Crippen LogP contribution in [-0.2, 0) is 0 Å². The molecule has 0 atom stereocenters. The van der Waals surface area contributed by atoms with Crippen LogP contribution in [0.2, 0.25) is 5.02 Å². The van der Waals surface area contributed by atoms with Crippen LogP contribution < -0.4 is 4.74 Å². The molecule has 0 saturated heterocycles. The smallest absolute Gasteiger partial charge is 0.127 e. The molecule has 1 aromatic rings. The third-order valence-corrected chi connectivity index (χ3v) is 3.05. The molecule has 0 aliphatic rings. The molecule has 0 amide bonds. The Bertz CT molecular complexity index is 347. The first-order valence-electron chi connectivity index (χ1n) is 4.24. The highest BCUT2D eigenvalue weighted by Gasteiger charge is 2.04. The first-order valence-corrected chi connectivity index (χ1v) is 5.74. The van der Waals surface area contributed by atoms with E-state index in [0.717, 1.165) is 16.6 Å². The first kappa shape index (κ1) is 11.6. The Balaban J connectivity index is 3.17. The van der Waals surface area contributed by atoms with Crippen molar-refractivity contribution in [2.24, 2.45) is 0 Å². The quantitative estimate of drug-likeness (QED) is 0.753. The highest BCUT2D eigenvalue weighted by molar-refractivity contribution is 9.09. The molecule has 0 aliphatic heterocycles. The van der Waals surface area contributed by atoms with Crippen LogP contribution in [0.5, 0.6) is 5.75 Å². The predicted octanol–water partition coefficient (Wildman–Crippen LogP) is 4.15. The van der Waals surface area contributed by atoms with Gasteiger partial charge < -0.3 is 4.74 Å². The molecule has 0 fully saturated rings. The summed E-state index contributed by atoms with van der Waals surface area (Å²) < 4.78 is 5.23. The minimum Gasteiger partial charge on any atom is -0.496 e. The number of allylic oxidation sites excluding steroid dienone is 1. The van der Waals surface area contributed by atoms with Crippen LogP contribution in [0.1, 0.15) is 12.5 Å². The van der Waals surface area contributed by atoms with Crippen molar-refractivity contribution < 1.29 is 4.74 Å². The fraction of sp³-hybridized carbons (Fsp3) is 0.273. The Morgan fingerprint density at radius 3 is 2.86 bits per heavy atom. The van der Waals surface area contributed by atoms with E-state index in [1.165, 1.54) is 5.57 Å². The van der Waals surface area contributed by atoms with Crippen LogP contribution >= 0.6 is 27.5 Å². The maximum Gasteiger partial charge on any atom is 0.127 e. The summed E-state index contributed by atoms with van der Waals surface area (Å²) in [6.07, 6.45) is 2.02. The van der Waals surface area contributed by atoms with Crippen LogP contribution in [-0.4, -0.2) is 12.4 Å². The second-order valence-corrected chi connectivity index (χ2v) is 3.95. The maximum absolute atomic E-state index is 6.07. The van der Waals surface area contributed by atoms with E-state index in [4.69, 9.17) is 16.3 Å². The Hall–Kier alpha value is -0.470. The van der Waals surface area contributed by atoms with E-state index in [1.807, 2.05) is 31.2 Å². The third kappa shape index (κ3) is 2.76. The number of alkyl halides is 1. The molecule has 0 saturated carbocycles. The van der Waals surface area contributed by atoms with Crippen molar-refractivity contribution in [2.45, 2.75) is 6.92 Å². The van der Waals surface area contributed by atoms with Crippen molar-refractivity contribution in [3.63, 3.8) is 0 Å². The van der Waals surface area contributed by atoms with Gasteiger partial charge in [0.05, 0.1) is 12.1 Å². The molecular formula is C11H12BrClO. The van der Waals surface area contributed by atoms with Crippen LogP contribution in [0, 0.1) is 0 Å². The molecule has 3 heteroatoms. The molecule has 1 aromatic carbocycles. The van der Waals surface area contributed by atoms with Crippen molar-refractivity contribution in [2.75, 3.05) is 12.4 Å².